The molecule has 2 aromatic carbocycles. The van der Waals surface area contributed by atoms with Gasteiger partial charge in [0.25, 0.3) is 0 Å². The van der Waals surface area contributed by atoms with Crippen LogP contribution in [0.2, 0.25) is 5.02 Å². The third-order valence-corrected chi connectivity index (χ3v) is 5.18. The molecule has 4 rings (SSSR count). The van der Waals surface area contributed by atoms with Crippen LogP contribution >= 0.6 is 11.6 Å². The lowest BCUT2D eigenvalue weighted by molar-refractivity contribution is -0.120. The van der Waals surface area contributed by atoms with E-state index < -0.39 is 5.63 Å². The molecule has 0 unspecified atom stereocenters. The van der Waals surface area contributed by atoms with Crippen LogP contribution in [0.4, 0.5) is 0 Å². The Morgan fingerprint density at radius 2 is 1.83 bits per heavy atom. The van der Waals surface area contributed by atoms with E-state index in [4.69, 9.17) is 20.4 Å². The van der Waals surface area contributed by atoms with Crippen molar-refractivity contribution < 1.29 is 13.6 Å². The summed E-state index contributed by atoms with van der Waals surface area (Å²) < 4.78 is 11.2. The number of benzene rings is 2. The Kier molecular flexibility index (Phi) is 4.92. The number of amides is 1. The lowest BCUT2D eigenvalue weighted by Gasteiger charge is -2.10. The average molecular weight is 410 g/mol. The number of hydrogen-bond acceptors (Lipinski definition) is 4. The van der Waals surface area contributed by atoms with Crippen LogP contribution in [0.5, 0.6) is 0 Å². The first-order valence-corrected chi connectivity index (χ1v) is 9.74. The predicted molar refractivity (Wildman–Crippen MR) is 114 cm³/mol. The van der Waals surface area contributed by atoms with Crippen molar-refractivity contribution in [2.24, 2.45) is 0 Å². The van der Waals surface area contributed by atoms with Crippen LogP contribution in [-0.4, -0.2) is 11.9 Å². The second-order valence-corrected chi connectivity index (χ2v) is 7.83. The Labute approximate surface area is 172 Å². The molecule has 2 heterocycles. The summed E-state index contributed by atoms with van der Waals surface area (Å²) in [5.74, 6) is -0.207. The van der Waals surface area contributed by atoms with Crippen LogP contribution in [0, 0.1) is 6.92 Å². The summed E-state index contributed by atoms with van der Waals surface area (Å²) in [5.41, 5.74) is 3.55. The highest BCUT2D eigenvalue weighted by Gasteiger charge is 2.18. The lowest BCUT2D eigenvalue weighted by Crippen LogP contribution is -2.33. The number of fused-ring (bicyclic) bond motifs is 2. The first-order chi connectivity index (χ1) is 13.8. The molecular weight excluding hydrogens is 390 g/mol. The van der Waals surface area contributed by atoms with Gasteiger partial charge in [0, 0.05) is 33.5 Å². The van der Waals surface area contributed by atoms with E-state index in [-0.39, 0.29) is 18.4 Å². The summed E-state index contributed by atoms with van der Waals surface area (Å²) in [6.07, 6.45) is 1.66. The molecule has 0 aliphatic rings. The van der Waals surface area contributed by atoms with Crippen LogP contribution in [0.3, 0.4) is 0 Å². The molecule has 0 spiro atoms. The maximum Gasteiger partial charge on any atom is 0.340 e. The minimum Gasteiger partial charge on any atom is -0.464 e. The van der Waals surface area contributed by atoms with Gasteiger partial charge in [0.1, 0.15) is 11.2 Å². The topological polar surface area (TPSA) is 72.5 Å². The van der Waals surface area contributed by atoms with Crippen molar-refractivity contribution in [3.05, 3.63) is 69.2 Å². The highest BCUT2D eigenvalue weighted by Crippen LogP contribution is 2.35. The van der Waals surface area contributed by atoms with Crippen molar-refractivity contribution in [3.8, 4) is 11.1 Å². The molecule has 0 fully saturated rings. The number of aryl methyl sites for hydroxylation is 1. The Morgan fingerprint density at radius 1 is 1.10 bits per heavy atom. The Bertz CT molecular complexity index is 1280. The fraction of sp³-hybridized carbons (Fsp3) is 0.217. The summed E-state index contributed by atoms with van der Waals surface area (Å²) in [6.45, 7) is 5.59. The molecule has 148 valence electrons. The van der Waals surface area contributed by atoms with Crippen molar-refractivity contribution in [3.63, 3.8) is 0 Å². The van der Waals surface area contributed by atoms with Crippen LogP contribution in [0.15, 0.2) is 56.3 Å². The normalized spacial score (nSPS) is 11.5. The van der Waals surface area contributed by atoms with Gasteiger partial charge in [-0.15, -0.1) is 0 Å². The Morgan fingerprint density at radius 3 is 2.52 bits per heavy atom. The van der Waals surface area contributed by atoms with Crippen molar-refractivity contribution in [1.29, 1.82) is 0 Å². The molecule has 6 heteroatoms. The number of nitrogens with one attached hydrogen (secondary N) is 1. The van der Waals surface area contributed by atoms with Crippen LogP contribution in [0.1, 0.15) is 25.0 Å². The summed E-state index contributed by atoms with van der Waals surface area (Å²) in [4.78, 5) is 24.7. The maximum absolute atomic E-state index is 12.5. The fourth-order valence-corrected chi connectivity index (χ4v) is 3.63. The third kappa shape index (κ3) is 3.66. The van der Waals surface area contributed by atoms with Crippen molar-refractivity contribution in [2.45, 2.75) is 33.2 Å². The summed E-state index contributed by atoms with van der Waals surface area (Å²) in [5, 5.41) is 5.15. The molecule has 0 aliphatic heterocycles. The SMILES string of the molecule is Cc1c(CC(=O)NC(C)C)c(=O)oc2cc3occ(-c4ccc(Cl)cc4)c3cc12. The lowest BCUT2D eigenvalue weighted by atomic mass is 9.99. The van der Waals surface area contributed by atoms with E-state index in [2.05, 4.69) is 5.32 Å². The van der Waals surface area contributed by atoms with Gasteiger partial charge in [-0.2, -0.15) is 0 Å². The zero-order valence-electron chi connectivity index (χ0n) is 16.3. The smallest absolute Gasteiger partial charge is 0.340 e. The highest BCUT2D eigenvalue weighted by molar-refractivity contribution is 6.30. The molecule has 29 heavy (non-hydrogen) atoms. The highest BCUT2D eigenvalue weighted by atomic mass is 35.5. The molecule has 0 atom stereocenters. The van der Waals surface area contributed by atoms with E-state index in [1.165, 1.54) is 0 Å². The van der Waals surface area contributed by atoms with Gasteiger partial charge in [-0.25, -0.2) is 4.79 Å². The minimum atomic E-state index is -0.502. The maximum atomic E-state index is 12.5. The van der Waals surface area contributed by atoms with Gasteiger partial charge >= 0.3 is 5.63 Å². The van der Waals surface area contributed by atoms with E-state index in [0.717, 1.165) is 27.5 Å². The van der Waals surface area contributed by atoms with Crippen LogP contribution in [0.25, 0.3) is 33.1 Å². The number of carbonyl (C=O) groups is 1. The monoisotopic (exact) mass is 409 g/mol. The number of furan rings is 1. The first-order valence-electron chi connectivity index (χ1n) is 9.36. The average Bonchev–Trinajstić information content (AvgIpc) is 3.07. The zero-order chi connectivity index (χ0) is 20.7. The molecule has 0 saturated heterocycles. The standard InChI is InChI=1S/C23H20ClNO4/c1-12(2)25-22(26)9-17-13(3)16-8-18-19(14-4-6-15(24)7-5-14)11-28-20(18)10-21(16)29-23(17)27/h4-8,10-12H,9H2,1-3H3,(H,25,26). The van der Waals surface area contributed by atoms with Crippen LogP contribution in [-0.2, 0) is 11.2 Å². The van der Waals surface area contributed by atoms with E-state index >= 15 is 0 Å². The van der Waals surface area contributed by atoms with Gasteiger partial charge in [0.2, 0.25) is 5.91 Å². The van der Waals surface area contributed by atoms with Gasteiger partial charge in [-0.05, 0) is 50.1 Å². The van der Waals surface area contributed by atoms with Crippen molar-refractivity contribution in [1.82, 2.24) is 5.32 Å². The Balaban J connectivity index is 1.86. The minimum absolute atomic E-state index is 0.00259. The quantitative estimate of drug-likeness (QED) is 0.468. The van der Waals surface area contributed by atoms with Gasteiger partial charge in [0.15, 0.2) is 0 Å². The number of rotatable bonds is 4. The molecule has 0 aliphatic carbocycles. The second kappa shape index (κ2) is 7.41. The molecule has 0 bridgehead atoms. The van der Waals surface area contributed by atoms with Gasteiger partial charge in [-0.3, -0.25) is 4.79 Å². The number of carbonyl (C=O) groups excluding carboxylic acids is 1. The Hall–Kier alpha value is -3.05. The largest absolute Gasteiger partial charge is 0.464 e. The first kappa shape index (κ1) is 19.3. The summed E-state index contributed by atoms with van der Waals surface area (Å²) >= 11 is 6.00. The van der Waals surface area contributed by atoms with Crippen LogP contribution < -0.4 is 10.9 Å². The molecular formula is C23H20ClNO4. The molecule has 0 saturated carbocycles. The van der Waals surface area contributed by atoms with E-state index in [1.54, 1.807) is 12.3 Å². The molecule has 5 nitrogen and oxygen atoms in total. The molecule has 0 radical (unpaired) electrons. The van der Waals surface area contributed by atoms with Gasteiger partial charge in [-0.1, -0.05) is 23.7 Å². The summed E-state index contributed by atoms with van der Waals surface area (Å²) in [7, 11) is 0. The van der Waals surface area contributed by atoms with Gasteiger partial charge in [0.05, 0.1) is 18.2 Å². The second-order valence-electron chi connectivity index (χ2n) is 7.39. The molecule has 1 amide bonds. The van der Waals surface area contributed by atoms with Crippen molar-refractivity contribution >= 4 is 39.4 Å². The van der Waals surface area contributed by atoms with E-state index in [9.17, 15) is 9.59 Å². The van der Waals surface area contributed by atoms with E-state index in [1.807, 2.05) is 51.1 Å². The summed E-state index contributed by atoms with van der Waals surface area (Å²) in [6, 6.07) is 11.2. The molecule has 1 N–H and O–H groups in total. The molecule has 2 aromatic heterocycles. The van der Waals surface area contributed by atoms with Crippen molar-refractivity contribution in [2.75, 3.05) is 0 Å². The number of halogens is 1. The predicted octanol–water partition coefficient (Wildman–Crippen LogP) is 5.24. The van der Waals surface area contributed by atoms with Gasteiger partial charge < -0.3 is 14.2 Å². The number of hydrogen-bond donors (Lipinski definition) is 1. The zero-order valence-corrected chi connectivity index (χ0v) is 17.1. The van der Waals surface area contributed by atoms with E-state index in [0.29, 0.717) is 21.8 Å². The fourth-order valence-electron chi connectivity index (χ4n) is 3.50. The third-order valence-electron chi connectivity index (χ3n) is 4.92. The molecule has 4 aromatic rings.